The number of nitrogens with one attached hydrogen (secondary N) is 4. The fourth-order valence-corrected chi connectivity index (χ4v) is 13.6. The molecular formula is C67H73ClN10O12S. The second-order valence-electron chi connectivity index (χ2n) is 24.4. The van der Waals surface area contributed by atoms with Crippen LogP contribution in [0.4, 0.5) is 17.1 Å². The summed E-state index contributed by atoms with van der Waals surface area (Å²) in [7, 11) is -4.65. The quantitative estimate of drug-likeness (QED) is 0.0153. The number of imide groups is 2. The Labute approximate surface area is 533 Å². The molecule has 3 fully saturated rings. The Morgan fingerprint density at radius 3 is 2.48 bits per heavy atom. The molecule has 3 saturated heterocycles. The van der Waals surface area contributed by atoms with Gasteiger partial charge in [-0.05, 0) is 135 Å². The van der Waals surface area contributed by atoms with Crippen LogP contribution in [-0.4, -0.2) is 159 Å². The molecule has 0 bridgehead atoms. The number of nitrogens with zero attached hydrogens (tertiary/aromatic N) is 6. The molecule has 24 heteroatoms. The van der Waals surface area contributed by atoms with E-state index in [1.165, 1.54) is 47.2 Å². The van der Waals surface area contributed by atoms with E-state index in [1.54, 1.807) is 36.5 Å². The fraction of sp³-hybridized carbons (Fsp3) is 0.403. The smallest absolute Gasteiger partial charge is 0.293 e. The van der Waals surface area contributed by atoms with E-state index in [9.17, 15) is 42.5 Å². The summed E-state index contributed by atoms with van der Waals surface area (Å²) in [5.41, 5.74) is 6.04. The molecule has 11 rings (SSSR count). The number of unbranched alkanes of at least 4 members (excludes halogenated alkanes) is 1. The van der Waals surface area contributed by atoms with Crippen molar-refractivity contribution in [2.45, 2.75) is 82.6 Å². The number of carbonyl (C=O) groups excluding carboxylic acids is 5. The molecule has 4 aromatic carbocycles. The number of piperidine rings is 2. The standard InChI is InChI=1S/C67H73ClN10O12S/c1-67(2)24-22-48(55(39-67)45-12-14-49(68)15-13-45)43-75-27-29-76(30-28-75)50-16-18-53(59(37-50)90-51-36-47-23-25-69-62(47)71-41-51)63(80)73-91(86,87)52-17-19-56(58(38-52)78(84)85)70-40-44-8-7-26-74(42-44)31-33-89-35-34-88-32-5-3-4-9-46-10-6-11-54-61(46)66(83)77(65(54)82)57-20-21-60(79)72-64(57)81/h6,10-19,23,25,36-38,41,44,57,70H,3,5,7-8,20-22,24,26-35,39-40,42-43H2,1-2H3,(H,69,71)(H,73,80)(H,72,79,81). The van der Waals surface area contributed by atoms with Crippen LogP contribution in [0.1, 0.15) is 114 Å². The molecule has 0 spiro atoms. The molecule has 5 amide bonds. The van der Waals surface area contributed by atoms with Crippen molar-refractivity contribution in [2.24, 2.45) is 11.3 Å². The summed E-state index contributed by atoms with van der Waals surface area (Å²) in [6.45, 7) is 12.8. The first-order valence-corrected chi connectivity index (χ1v) is 32.7. The molecule has 2 atom stereocenters. The number of aromatic nitrogens is 2. The van der Waals surface area contributed by atoms with Crippen molar-refractivity contribution < 1.29 is 51.5 Å². The summed E-state index contributed by atoms with van der Waals surface area (Å²) in [4.78, 5) is 91.6. The first kappa shape index (κ1) is 64.0. The van der Waals surface area contributed by atoms with Crippen LogP contribution in [0.5, 0.6) is 11.5 Å². The van der Waals surface area contributed by atoms with Crippen molar-refractivity contribution in [1.82, 2.24) is 34.7 Å². The van der Waals surface area contributed by atoms with Crippen LogP contribution in [0.3, 0.4) is 0 Å². The summed E-state index contributed by atoms with van der Waals surface area (Å²) >= 11 is 6.27. The average Bonchev–Trinajstić information content (AvgIpc) is 1.65. The number of amides is 5. The Kier molecular flexibility index (Phi) is 19.9. The lowest BCUT2D eigenvalue weighted by molar-refractivity contribution is -0.384. The van der Waals surface area contributed by atoms with Crippen molar-refractivity contribution >= 4 is 84.8 Å². The Balaban J connectivity index is 0.642. The van der Waals surface area contributed by atoms with Gasteiger partial charge in [-0.1, -0.05) is 61.1 Å². The number of ether oxygens (including phenoxy) is 3. The van der Waals surface area contributed by atoms with Gasteiger partial charge in [-0.2, -0.15) is 0 Å². The van der Waals surface area contributed by atoms with Gasteiger partial charge in [-0.3, -0.25) is 49.2 Å². The predicted molar refractivity (Wildman–Crippen MR) is 344 cm³/mol. The maximum atomic E-state index is 14.2. The Morgan fingerprint density at radius 1 is 0.890 bits per heavy atom. The van der Waals surface area contributed by atoms with Crippen molar-refractivity contribution in [2.75, 3.05) is 95.5 Å². The summed E-state index contributed by atoms with van der Waals surface area (Å²) in [5.74, 6) is 3.34. The number of piperazine rings is 1. The highest BCUT2D eigenvalue weighted by Crippen LogP contribution is 2.44. The highest BCUT2D eigenvalue weighted by atomic mass is 35.5. The van der Waals surface area contributed by atoms with Crippen LogP contribution in [0.2, 0.25) is 5.02 Å². The van der Waals surface area contributed by atoms with E-state index in [0.717, 1.165) is 86.9 Å². The number of benzene rings is 4. The van der Waals surface area contributed by atoms with Crippen molar-refractivity contribution in [3.05, 3.63) is 152 Å². The zero-order valence-corrected chi connectivity index (χ0v) is 52.5. The number of sulfonamides is 1. The fourth-order valence-electron chi connectivity index (χ4n) is 12.5. The van der Waals surface area contributed by atoms with Gasteiger partial charge < -0.3 is 34.3 Å². The summed E-state index contributed by atoms with van der Waals surface area (Å²) < 4.78 is 48.1. The normalized spacial score (nSPS) is 18.8. The van der Waals surface area contributed by atoms with Gasteiger partial charge >= 0.3 is 0 Å². The number of nitro benzene ring substituents is 1. The molecule has 4 aliphatic heterocycles. The Hall–Kier alpha value is -8.50. The van der Waals surface area contributed by atoms with E-state index in [0.29, 0.717) is 87.4 Å². The van der Waals surface area contributed by atoms with E-state index < -0.39 is 61.1 Å². The largest absolute Gasteiger partial charge is 0.455 e. The second kappa shape index (κ2) is 28.3. The summed E-state index contributed by atoms with van der Waals surface area (Å²) in [6, 6.07) is 24.1. The average molecular weight is 1280 g/mol. The molecule has 1 aliphatic carbocycles. The second-order valence-corrected chi connectivity index (χ2v) is 26.5. The van der Waals surface area contributed by atoms with E-state index in [1.807, 2.05) is 18.2 Å². The Bertz CT molecular complexity index is 3980. The van der Waals surface area contributed by atoms with Crippen LogP contribution in [-0.2, 0) is 29.1 Å². The van der Waals surface area contributed by atoms with Gasteiger partial charge in [0.2, 0.25) is 11.8 Å². The maximum Gasteiger partial charge on any atom is 0.293 e. The zero-order valence-electron chi connectivity index (χ0n) is 50.9. The topological polar surface area (TPSA) is 268 Å². The third-order valence-corrected chi connectivity index (χ3v) is 19.0. The molecule has 0 saturated carbocycles. The highest BCUT2D eigenvalue weighted by Gasteiger charge is 2.45. The number of halogens is 1. The molecule has 6 heterocycles. The number of aromatic amines is 1. The number of anilines is 2. The number of carbonyl (C=O) groups is 5. The van der Waals surface area contributed by atoms with Gasteiger partial charge in [0.25, 0.3) is 33.4 Å². The molecule has 0 radical (unpaired) electrons. The van der Waals surface area contributed by atoms with Crippen LogP contribution in [0, 0.1) is 33.3 Å². The van der Waals surface area contributed by atoms with Crippen molar-refractivity contribution in [1.29, 1.82) is 0 Å². The maximum absolute atomic E-state index is 14.2. The van der Waals surface area contributed by atoms with Gasteiger partial charge in [-0.25, -0.2) is 18.1 Å². The van der Waals surface area contributed by atoms with E-state index in [2.05, 4.69) is 77.8 Å². The predicted octanol–water partition coefficient (Wildman–Crippen LogP) is 9.21. The third-order valence-electron chi connectivity index (χ3n) is 17.4. The van der Waals surface area contributed by atoms with Crippen LogP contribution in [0.15, 0.2) is 114 Å². The summed E-state index contributed by atoms with van der Waals surface area (Å²) in [6.07, 6.45) is 9.40. The molecule has 6 aromatic rings. The van der Waals surface area contributed by atoms with E-state index in [-0.39, 0.29) is 52.3 Å². The lowest BCUT2D eigenvalue weighted by atomic mass is 9.72. The van der Waals surface area contributed by atoms with Crippen LogP contribution >= 0.6 is 11.6 Å². The minimum atomic E-state index is -4.65. The van der Waals surface area contributed by atoms with Crippen molar-refractivity contribution in [3.63, 3.8) is 0 Å². The monoisotopic (exact) mass is 1280 g/mol. The number of nitro groups is 1. The van der Waals surface area contributed by atoms with Gasteiger partial charge in [-0.15, -0.1) is 0 Å². The number of H-pyrrole nitrogens is 1. The lowest BCUT2D eigenvalue weighted by Gasteiger charge is -2.39. The number of likely N-dealkylation sites (tertiary alicyclic amines) is 1. The van der Waals surface area contributed by atoms with Crippen LogP contribution in [0.25, 0.3) is 16.6 Å². The number of pyridine rings is 1. The zero-order chi connectivity index (χ0) is 63.8. The molecule has 22 nitrogen and oxygen atoms in total. The lowest BCUT2D eigenvalue weighted by Crippen LogP contribution is -2.54. The van der Waals surface area contributed by atoms with E-state index in [4.69, 9.17) is 25.8 Å². The number of hydrogen-bond donors (Lipinski definition) is 4. The van der Waals surface area contributed by atoms with Gasteiger partial charge in [0.15, 0.2) is 0 Å². The number of hydrogen-bond acceptors (Lipinski definition) is 17. The SMILES string of the molecule is CC1(C)CCC(CN2CCN(c3ccc(C(=O)NS(=O)(=O)c4ccc(NCC5CCCN(CCOCCOCCCC#Cc6cccc7c6C(=O)N(C6CCC(=O)NC6=O)C7=O)C5)c([N+](=O)[O-])c4)c(Oc4cnc5[nH]ccc5c4)c3)CC2)=C(c2ccc(Cl)cc2)C1. The molecule has 4 N–H and O–H groups in total. The minimum absolute atomic E-state index is 0.0354. The molecule has 5 aliphatic rings. The van der Waals surface area contributed by atoms with E-state index >= 15 is 0 Å². The minimum Gasteiger partial charge on any atom is -0.455 e. The molecular weight excluding hydrogens is 1200 g/mol. The van der Waals surface area contributed by atoms with Gasteiger partial charge in [0, 0.05) is 112 Å². The molecule has 476 valence electrons. The first-order chi connectivity index (χ1) is 43.9. The highest BCUT2D eigenvalue weighted by molar-refractivity contribution is 7.90. The Morgan fingerprint density at radius 2 is 1.69 bits per heavy atom. The molecule has 91 heavy (non-hydrogen) atoms. The molecule has 2 aromatic heterocycles. The first-order valence-electron chi connectivity index (χ1n) is 30.9. The van der Waals surface area contributed by atoms with Crippen molar-refractivity contribution in [3.8, 4) is 23.3 Å². The number of allylic oxidation sites excluding steroid dienone is 1. The van der Waals surface area contributed by atoms with Gasteiger partial charge in [0.05, 0.1) is 52.5 Å². The van der Waals surface area contributed by atoms with Crippen LogP contribution < -0.4 is 25.0 Å². The van der Waals surface area contributed by atoms with Gasteiger partial charge in [0.1, 0.15) is 28.9 Å². The summed E-state index contributed by atoms with van der Waals surface area (Å²) in [5, 5.41) is 19.4. The number of fused-ring (bicyclic) bond motifs is 2. The third kappa shape index (κ3) is 15.5. The number of rotatable bonds is 23. The molecule has 2 unspecified atom stereocenters.